The Hall–Kier alpha value is -2.96. The number of hydrogen-bond acceptors (Lipinski definition) is 5. The maximum Gasteiger partial charge on any atom is 0.344 e. The zero-order chi connectivity index (χ0) is 17.9. The zero-order valence-electron chi connectivity index (χ0n) is 13.8. The van der Waals surface area contributed by atoms with E-state index < -0.39 is 17.5 Å². The van der Waals surface area contributed by atoms with E-state index in [-0.39, 0.29) is 12.1 Å². The lowest BCUT2D eigenvalue weighted by Crippen LogP contribution is -2.29. The SMILES string of the molecule is CCC(=C(C(=O)O)C(=O)O)N(CC)c1nc(C)nc2ccccc12. The molecule has 2 aromatic rings. The fourth-order valence-corrected chi connectivity index (χ4v) is 2.69. The third kappa shape index (κ3) is 3.19. The molecule has 0 saturated heterocycles. The minimum atomic E-state index is -1.46. The number of anilines is 1. The van der Waals surface area contributed by atoms with Crippen molar-refractivity contribution in [2.45, 2.75) is 27.2 Å². The van der Waals surface area contributed by atoms with Gasteiger partial charge in [0.1, 0.15) is 11.6 Å². The van der Waals surface area contributed by atoms with Crippen LogP contribution in [0.2, 0.25) is 0 Å². The van der Waals surface area contributed by atoms with Crippen LogP contribution < -0.4 is 4.90 Å². The highest BCUT2D eigenvalue weighted by atomic mass is 16.4. The summed E-state index contributed by atoms with van der Waals surface area (Å²) in [6, 6.07) is 7.36. The molecule has 1 aromatic carbocycles. The van der Waals surface area contributed by atoms with E-state index in [1.165, 1.54) is 0 Å². The molecule has 0 atom stereocenters. The number of aromatic nitrogens is 2. The van der Waals surface area contributed by atoms with E-state index in [1.807, 2.05) is 31.2 Å². The molecule has 7 heteroatoms. The zero-order valence-corrected chi connectivity index (χ0v) is 13.8. The number of carboxylic acids is 2. The van der Waals surface area contributed by atoms with Gasteiger partial charge in [-0.25, -0.2) is 19.6 Å². The molecule has 0 aliphatic carbocycles. The largest absolute Gasteiger partial charge is 0.477 e. The molecule has 0 fully saturated rings. The van der Waals surface area contributed by atoms with Gasteiger partial charge in [-0.1, -0.05) is 19.1 Å². The van der Waals surface area contributed by atoms with Crippen molar-refractivity contribution in [3.63, 3.8) is 0 Å². The number of fused-ring (bicyclic) bond motifs is 1. The first-order chi connectivity index (χ1) is 11.4. The molecule has 0 aliphatic rings. The lowest BCUT2D eigenvalue weighted by atomic mass is 10.1. The van der Waals surface area contributed by atoms with Crippen LogP contribution in [0, 0.1) is 6.92 Å². The molecule has 0 bridgehead atoms. The number of allylic oxidation sites excluding steroid dienone is 1. The average Bonchev–Trinajstić information content (AvgIpc) is 2.53. The lowest BCUT2D eigenvalue weighted by Gasteiger charge is -2.26. The molecule has 0 saturated carbocycles. The van der Waals surface area contributed by atoms with E-state index in [1.54, 1.807) is 18.7 Å². The second kappa shape index (κ2) is 7.08. The summed E-state index contributed by atoms with van der Waals surface area (Å²) in [7, 11) is 0. The Balaban J connectivity index is 2.78. The highest BCUT2D eigenvalue weighted by Crippen LogP contribution is 2.29. The van der Waals surface area contributed by atoms with E-state index in [9.17, 15) is 19.8 Å². The number of rotatable bonds is 6. The number of para-hydroxylation sites is 1. The Morgan fingerprint density at radius 2 is 1.71 bits per heavy atom. The maximum absolute atomic E-state index is 11.4. The van der Waals surface area contributed by atoms with Crippen LogP contribution in [0.15, 0.2) is 35.5 Å². The summed E-state index contributed by atoms with van der Waals surface area (Å²) >= 11 is 0. The van der Waals surface area contributed by atoms with Crippen LogP contribution >= 0.6 is 0 Å². The van der Waals surface area contributed by atoms with Crippen LogP contribution in [-0.4, -0.2) is 38.7 Å². The van der Waals surface area contributed by atoms with Crippen molar-refractivity contribution >= 4 is 28.7 Å². The smallest absolute Gasteiger partial charge is 0.344 e. The van der Waals surface area contributed by atoms with Crippen LogP contribution in [0.1, 0.15) is 26.1 Å². The maximum atomic E-state index is 11.4. The van der Waals surface area contributed by atoms with Gasteiger partial charge in [-0.2, -0.15) is 0 Å². The van der Waals surface area contributed by atoms with Crippen LogP contribution in [0.5, 0.6) is 0 Å². The number of aliphatic carboxylic acids is 2. The topological polar surface area (TPSA) is 104 Å². The Morgan fingerprint density at radius 1 is 1.08 bits per heavy atom. The van der Waals surface area contributed by atoms with Gasteiger partial charge in [-0.05, 0) is 32.4 Å². The second-order valence-electron chi connectivity index (χ2n) is 5.14. The van der Waals surface area contributed by atoms with Gasteiger partial charge in [0.15, 0.2) is 5.57 Å². The van der Waals surface area contributed by atoms with E-state index in [2.05, 4.69) is 9.97 Å². The minimum Gasteiger partial charge on any atom is -0.477 e. The Kier molecular flexibility index (Phi) is 5.13. The molecule has 0 radical (unpaired) electrons. The van der Waals surface area contributed by atoms with Gasteiger partial charge in [0.2, 0.25) is 0 Å². The first kappa shape index (κ1) is 17.4. The van der Waals surface area contributed by atoms with E-state index >= 15 is 0 Å². The molecular formula is C17H19N3O4. The Morgan fingerprint density at radius 3 is 2.25 bits per heavy atom. The standard InChI is InChI=1S/C17H19N3O4/c1-4-13(14(16(21)22)17(23)24)20(5-2)15-11-8-6-7-9-12(11)18-10(3)19-15/h6-9H,4-5H2,1-3H3,(H,21,22)(H,23,24). The van der Waals surface area contributed by atoms with Gasteiger partial charge in [-0.3, -0.25) is 0 Å². The number of carboxylic acid groups (broad SMARTS) is 2. The molecule has 0 aliphatic heterocycles. The predicted molar refractivity (Wildman–Crippen MR) is 89.9 cm³/mol. The number of aryl methyl sites for hydroxylation is 1. The summed E-state index contributed by atoms with van der Waals surface area (Å²) in [6.45, 7) is 5.67. The number of carbonyl (C=O) groups is 2. The number of hydrogen-bond donors (Lipinski definition) is 2. The normalized spacial score (nSPS) is 10.5. The van der Waals surface area contributed by atoms with E-state index in [0.717, 1.165) is 10.9 Å². The molecule has 2 rings (SSSR count). The monoisotopic (exact) mass is 329 g/mol. The fourth-order valence-electron chi connectivity index (χ4n) is 2.69. The molecular weight excluding hydrogens is 310 g/mol. The summed E-state index contributed by atoms with van der Waals surface area (Å²) in [4.78, 5) is 33.3. The Bertz CT molecular complexity index is 814. The van der Waals surface area contributed by atoms with Crippen molar-refractivity contribution in [1.29, 1.82) is 0 Å². The van der Waals surface area contributed by atoms with Crippen LogP contribution in [-0.2, 0) is 9.59 Å². The number of nitrogens with zero attached hydrogens (tertiary/aromatic N) is 3. The van der Waals surface area contributed by atoms with E-state index in [0.29, 0.717) is 18.2 Å². The molecule has 2 N–H and O–H groups in total. The third-order valence-corrected chi connectivity index (χ3v) is 3.64. The van der Waals surface area contributed by atoms with Crippen molar-refractivity contribution in [1.82, 2.24) is 9.97 Å². The van der Waals surface area contributed by atoms with Crippen molar-refractivity contribution in [2.24, 2.45) is 0 Å². The van der Waals surface area contributed by atoms with Gasteiger partial charge in [0.25, 0.3) is 0 Å². The van der Waals surface area contributed by atoms with Crippen LogP contribution in [0.4, 0.5) is 5.82 Å². The van der Waals surface area contributed by atoms with Crippen molar-refractivity contribution < 1.29 is 19.8 Å². The van der Waals surface area contributed by atoms with Crippen LogP contribution in [0.25, 0.3) is 10.9 Å². The fraction of sp³-hybridized carbons (Fsp3) is 0.294. The van der Waals surface area contributed by atoms with Gasteiger partial charge in [0.05, 0.1) is 5.52 Å². The molecule has 126 valence electrons. The third-order valence-electron chi connectivity index (χ3n) is 3.64. The predicted octanol–water partition coefficient (Wildman–Crippen LogP) is 2.60. The second-order valence-corrected chi connectivity index (χ2v) is 5.14. The van der Waals surface area contributed by atoms with Gasteiger partial charge in [-0.15, -0.1) is 0 Å². The molecule has 1 heterocycles. The van der Waals surface area contributed by atoms with Gasteiger partial charge in [0, 0.05) is 17.6 Å². The summed E-state index contributed by atoms with van der Waals surface area (Å²) in [5.41, 5.74) is 0.293. The summed E-state index contributed by atoms with van der Waals surface area (Å²) < 4.78 is 0. The molecule has 0 unspecified atom stereocenters. The average molecular weight is 329 g/mol. The summed E-state index contributed by atoms with van der Waals surface area (Å²) in [5, 5.41) is 19.4. The van der Waals surface area contributed by atoms with Gasteiger partial charge < -0.3 is 15.1 Å². The molecule has 7 nitrogen and oxygen atoms in total. The lowest BCUT2D eigenvalue weighted by molar-refractivity contribution is -0.140. The van der Waals surface area contributed by atoms with E-state index in [4.69, 9.17) is 0 Å². The number of benzene rings is 1. The van der Waals surface area contributed by atoms with Gasteiger partial charge >= 0.3 is 11.9 Å². The molecule has 24 heavy (non-hydrogen) atoms. The minimum absolute atomic E-state index is 0.209. The van der Waals surface area contributed by atoms with Crippen LogP contribution in [0.3, 0.4) is 0 Å². The quantitative estimate of drug-likeness (QED) is 0.477. The molecule has 1 aromatic heterocycles. The molecule has 0 spiro atoms. The molecule has 0 amide bonds. The highest BCUT2D eigenvalue weighted by Gasteiger charge is 2.26. The van der Waals surface area contributed by atoms with Crippen molar-refractivity contribution in [3.05, 3.63) is 41.4 Å². The van der Waals surface area contributed by atoms with Crippen molar-refractivity contribution in [2.75, 3.05) is 11.4 Å². The highest BCUT2D eigenvalue weighted by molar-refractivity contribution is 6.13. The summed E-state index contributed by atoms with van der Waals surface area (Å²) in [6.07, 6.45) is 0.249. The summed E-state index contributed by atoms with van der Waals surface area (Å²) in [5.74, 6) is -1.89. The Labute approximate surface area is 139 Å². The first-order valence-corrected chi connectivity index (χ1v) is 7.61. The first-order valence-electron chi connectivity index (χ1n) is 7.61. The van der Waals surface area contributed by atoms with Crippen molar-refractivity contribution in [3.8, 4) is 0 Å².